The second-order valence-corrected chi connectivity index (χ2v) is 3.13. The number of hydrogen-bond donors (Lipinski definition) is 0. The molecule has 2 aromatic rings. The van der Waals surface area contributed by atoms with E-state index in [0.29, 0.717) is 42.1 Å². The molecule has 0 fully saturated rings. The molecule has 1 aromatic carbocycles. The molecule has 15 heavy (non-hydrogen) atoms. The molecule has 0 N–H and O–H groups in total. The number of aromatic nitrogens is 1. The summed E-state index contributed by atoms with van der Waals surface area (Å²) < 4.78 is 15.9. The van der Waals surface area contributed by atoms with Gasteiger partial charge < -0.3 is 13.9 Å². The highest BCUT2D eigenvalue weighted by Crippen LogP contribution is 2.34. The third-order valence-electron chi connectivity index (χ3n) is 2.17. The molecule has 0 saturated heterocycles. The lowest BCUT2D eigenvalue weighted by Crippen LogP contribution is -2.15. The molecule has 0 atom stereocenters. The molecule has 0 spiro atoms. The van der Waals surface area contributed by atoms with Crippen LogP contribution >= 0.6 is 0 Å². The molecule has 0 unspecified atom stereocenters. The van der Waals surface area contributed by atoms with Gasteiger partial charge in [0.05, 0.1) is 0 Å². The minimum atomic E-state index is 0.0624. The fourth-order valence-electron chi connectivity index (χ4n) is 1.53. The number of hydrogen-bond acceptors (Lipinski definition) is 5. The Balaban J connectivity index is 2.23. The van der Waals surface area contributed by atoms with Crippen molar-refractivity contribution in [2.45, 2.75) is 0 Å². The average Bonchev–Trinajstić information content (AvgIpc) is 2.67. The smallest absolute Gasteiger partial charge is 0.260 e. The van der Waals surface area contributed by atoms with Gasteiger partial charge >= 0.3 is 0 Å². The molecule has 0 amide bonds. The summed E-state index contributed by atoms with van der Waals surface area (Å²) in [6.45, 7) is 1.05. The Morgan fingerprint density at radius 1 is 1.20 bits per heavy atom. The van der Waals surface area contributed by atoms with Gasteiger partial charge in [0.25, 0.3) is 5.89 Å². The van der Waals surface area contributed by atoms with Gasteiger partial charge in [-0.25, -0.2) is 4.98 Å². The summed E-state index contributed by atoms with van der Waals surface area (Å²) in [5.41, 5.74) is 1.13. The zero-order chi connectivity index (χ0) is 10.3. The van der Waals surface area contributed by atoms with E-state index in [0.717, 1.165) is 0 Å². The second kappa shape index (κ2) is 2.98. The van der Waals surface area contributed by atoms with Crippen molar-refractivity contribution in [3.8, 4) is 11.5 Å². The lowest BCUT2D eigenvalue weighted by Gasteiger charge is -2.17. The van der Waals surface area contributed by atoms with Crippen molar-refractivity contribution >= 4 is 17.4 Å². The molecule has 0 bridgehead atoms. The van der Waals surface area contributed by atoms with E-state index >= 15 is 0 Å². The van der Waals surface area contributed by atoms with Crippen LogP contribution in [0.4, 0.5) is 0 Å². The summed E-state index contributed by atoms with van der Waals surface area (Å²) in [5.74, 6) is 1.33. The number of oxazole rings is 1. The van der Waals surface area contributed by atoms with Crippen molar-refractivity contribution in [2.24, 2.45) is 0 Å². The largest absolute Gasteiger partial charge is 0.486 e. The maximum absolute atomic E-state index is 10.5. The first kappa shape index (κ1) is 8.28. The van der Waals surface area contributed by atoms with Crippen LogP contribution in [-0.4, -0.2) is 24.5 Å². The van der Waals surface area contributed by atoms with Crippen molar-refractivity contribution in [1.29, 1.82) is 0 Å². The maximum atomic E-state index is 10.5. The van der Waals surface area contributed by atoms with E-state index in [1.165, 1.54) is 0 Å². The van der Waals surface area contributed by atoms with Gasteiger partial charge in [0.2, 0.25) is 6.29 Å². The number of aldehydes is 1. The van der Waals surface area contributed by atoms with Crippen LogP contribution in [0, 0.1) is 0 Å². The molecule has 1 aliphatic rings. The van der Waals surface area contributed by atoms with E-state index in [9.17, 15) is 4.79 Å². The highest BCUT2D eigenvalue weighted by molar-refractivity contribution is 5.81. The minimum Gasteiger partial charge on any atom is -0.486 e. The van der Waals surface area contributed by atoms with Crippen molar-refractivity contribution in [1.82, 2.24) is 4.98 Å². The lowest BCUT2D eigenvalue weighted by molar-refractivity contribution is 0.109. The molecular weight excluding hydrogens is 198 g/mol. The van der Waals surface area contributed by atoms with E-state index in [2.05, 4.69) is 4.98 Å². The standard InChI is InChI=1S/C10H7NO4/c12-5-10-11-6-3-8-9(4-7(6)15-10)14-2-1-13-8/h3-5H,1-2H2. The van der Waals surface area contributed by atoms with Crippen LogP contribution in [0.3, 0.4) is 0 Å². The number of nitrogens with zero attached hydrogens (tertiary/aromatic N) is 1. The van der Waals surface area contributed by atoms with Gasteiger partial charge in [-0.05, 0) is 0 Å². The van der Waals surface area contributed by atoms with Crippen LogP contribution in [0.2, 0.25) is 0 Å². The van der Waals surface area contributed by atoms with E-state index in [-0.39, 0.29) is 5.89 Å². The molecule has 0 radical (unpaired) electrons. The number of rotatable bonds is 1. The van der Waals surface area contributed by atoms with Crippen LogP contribution in [0.5, 0.6) is 11.5 Å². The molecule has 76 valence electrons. The molecule has 1 aliphatic heterocycles. The Hall–Kier alpha value is -2.04. The highest BCUT2D eigenvalue weighted by Gasteiger charge is 2.15. The Kier molecular flexibility index (Phi) is 1.65. The normalized spacial score (nSPS) is 14.1. The van der Waals surface area contributed by atoms with Crippen molar-refractivity contribution < 1.29 is 18.7 Å². The second-order valence-electron chi connectivity index (χ2n) is 3.13. The average molecular weight is 205 g/mol. The molecule has 0 saturated carbocycles. The first-order chi connectivity index (χ1) is 7.36. The monoisotopic (exact) mass is 205 g/mol. The summed E-state index contributed by atoms with van der Waals surface area (Å²) in [6, 6.07) is 3.39. The first-order valence-electron chi connectivity index (χ1n) is 4.52. The third kappa shape index (κ3) is 1.24. The Morgan fingerprint density at radius 2 is 1.93 bits per heavy atom. The Bertz CT molecular complexity index is 488. The van der Waals surface area contributed by atoms with Gasteiger partial charge in [-0.15, -0.1) is 0 Å². The predicted molar refractivity (Wildman–Crippen MR) is 50.4 cm³/mol. The van der Waals surface area contributed by atoms with Crippen LogP contribution in [0.1, 0.15) is 10.7 Å². The fraction of sp³-hybridized carbons (Fsp3) is 0.200. The SMILES string of the molecule is O=Cc1nc2cc3c(cc2o1)OCCO3. The zero-order valence-electron chi connectivity index (χ0n) is 7.73. The highest BCUT2D eigenvalue weighted by atomic mass is 16.6. The fourth-order valence-corrected chi connectivity index (χ4v) is 1.53. The van der Waals surface area contributed by atoms with Gasteiger partial charge in [-0.3, -0.25) is 4.79 Å². The number of ether oxygens (including phenoxy) is 2. The minimum absolute atomic E-state index is 0.0624. The first-order valence-corrected chi connectivity index (χ1v) is 4.52. The summed E-state index contributed by atoms with van der Waals surface area (Å²) in [7, 11) is 0. The molecule has 1 aromatic heterocycles. The zero-order valence-corrected chi connectivity index (χ0v) is 7.73. The summed E-state index contributed by atoms with van der Waals surface area (Å²) in [4.78, 5) is 14.4. The van der Waals surface area contributed by atoms with Crippen LogP contribution in [0.25, 0.3) is 11.1 Å². The molecule has 2 heterocycles. The Labute approximate surface area is 84.6 Å². The summed E-state index contributed by atoms with van der Waals surface area (Å²) in [6.07, 6.45) is 0.570. The third-order valence-corrected chi connectivity index (χ3v) is 2.17. The van der Waals surface area contributed by atoms with E-state index < -0.39 is 0 Å². The maximum Gasteiger partial charge on any atom is 0.260 e. The van der Waals surface area contributed by atoms with E-state index in [1.807, 2.05) is 0 Å². The number of fused-ring (bicyclic) bond motifs is 2. The summed E-state index contributed by atoms with van der Waals surface area (Å²) >= 11 is 0. The van der Waals surface area contributed by atoms with Crippen LogP contribution < -0.4 is 9.47 Å². The lowest BCUT2D eigenvalue weighted by atomic mass is 10.2. The topological polar surface area (TPSA) is 61.6 Å². The van der Waals surface area contributed by atoms with Crippen molar-refractivity contribution in [2.75, 3.05) is 13.2 Å². The van der Waals surface area contributed by atoms with Crippen LogP contribution in [0.15, 0.2) is 16.5 Å². The molecule has 5 heteroatoms. The van der Waals surface area contributed by atoms with E-state index in [1.54, 1.807) is 12.1 Å². The molecule has 5 nitrogen and oxygen atoms in total. The quantitative estimate of drug-likeness (QED) is 0.658. The number of benzene rings is 1. The van der Waals surface area contributed by atoms with Gasteiger partial charge in [-0.1, -0.05) is 0 Å². The molecule has 0 aliphatic carbocycles. The summed E-state index contributed by atoms with van der Waals surface area (Å²) in [5, 5.41) is 0. The van der Waals surface area contributed by atoms with Crippen molar-refractivity contribution in [3.05, 3.63) is 18.0 Å². The predicted octanol–water partition coefficient (Wildman–Crippen LogP) is 1.41. The van der Waals surface area contributed by atoms with Gasteiger partial charge in [0.1, 0.15) is 18.7 Å². The number of carbonyl (C=O) groups excluding carboxylic acids is 1. The van der Waals surface area contributed by atoms with Gasteiger partial charge in [-0.2, -0.15) is 0 Å². The molecule has 3 rings (SSSR count). The van der Waals surface area contributed by atoms with Gasteiger partial charge in [0.15, 0.2) is 17.1 Å². The van der Waals surface area contributed by atoms with E-state index in [4.69, 9.17) is 13.9 Å². The molecular formula is C10H7NO4. The van der Waals surface area contributed by atoms with Crippen LogP contribution in [-0.2, 0) is 0 Å². The van der Waals surface area contributed by atoms with Crippen molar-refractivity contribution in [3.63, 3.8) is 0 Å². The Morgan fingerprint density at radius 3 is 2.67 bits per heavy atom. The van der Waals surface area contributed by atoms with Gasteiger partial charge in [0, 0.05) is 12.1 Å². The number of carbonyl (C=O) groups is 1.